The second kappa shape index (κ2) is 9.49. The summed E-state index contributed by atoms with van der Waals surface area (Å²) in [6, 6.07) is 9.29. The van der Waals surface area contributed by atoms with Crippen LogP contribution in [0.1, 0.15) is 46.1 Å². The summed E-state index contributed by atoms with van der Waals surface area (Å²) in [5.41, 5.74) is 1.66. The van der Waals surface area contributed by atoms with Crippen LogP contribution in [0.4, 0.5) is 0 Å². The molecule has 0 bridgehead atoms. The Kier molecular flexibility index (Phi) is 7.32. The maximum absolute atomic E-state index is 12.9. The highest BCUT2D eigenvalue weighted by Gasteiger charge is 2.56. The van der Waals surface area contributed by atoms with Crippen molar-refractivity contribution in [3.63, 3.8) is 0 Å². The van der Waals surface area contributed by atoms with E-state index in [9.17, 15) is 14.4 Å². The molecule has 0 saturated heterocycles. The number of carbonyl (C=O) groups excluding carboxylic acids is 3. The van der Waals surface area contributed by atoms with E-state index < -0.39 is 17.4 Å². The fourth-order valence-electron chi connectivity index (χ4n) is 3.76. The average Bonchev–Trinajstić information content (AvgIpc) is 3.03. The molecular formula is C23H28O5. The lowest BCUT2D eigenvalue weighted by atomic mass is 9.84. The summed E-state index contributed by atoms with van der Waals surface area (Å²) in [4.78, 5) is 37.7. The zero-order valence-electron chi connectivity index (χ0n) is 17.0. The number of carbonyl (C=O) groups is 3. The summed E-state index contributed by atoms with van der Waals surface area (Å²) in [7, 11) is 0. The first-order valence-corrected chi connectivity index (χ1v) is 9.62. The lowest BCUT2D eigenvalue weighted by Gasteiger charge is -2.24. The summed E-state index contributed by atoms with van der Waals surface area (Å²) in [5.74, 6) is -1.40. The van der Waals surface area contributed by atoms with Crippen LogP contribution in [0.3, 0.4) is 0 Å². The molecule has 1 aliphatic rings. The van der Waals surface area contributed by atoms with Gasteiger partial charge in [-0.3, -0.25) is 14.4 Å². The van der Waals surface area contributed by atoms with Crippen molar-refractivity contribution in [1.29, 1.82) is 0 Å². The van der Waals surface area contributed by atoms with Crippen molar-refractivity contribution in [3.8, 4) is 0 Å². The van der Waals surface area contributed by atoms with Gasteiger partial charge in [-0.1, -0.05) is 47.6 Å². The zero-order valence-corrected chi connectivity index (χ0v) is 17.0. The van der Waals surface area contributed by atoms with Crippen molar-refractivity contribution in [3.05, 3.63) is 53.1 Å². The number of rotatable bonds is 7. The molecule has 5 nitrogen and oxygen atoms in total. The molecule has 1 fully saturated rings. The van der Waals surface area contributed by atoms with Crippen molar-refractivity contribution in [2.75, 3.05) is 13.2 Å². The lowest BCUT2D eigenvalue weighted by Crippen LogP contribution is -2.40. The second-order valence-corrected chi connectivity index (χ2v) is 7.18. The molecule has 0 aliphatic heterocycles. The number of ether oxygens (including phenoxy) is 2. The van der Waals surface area contributed by atoms with E-state index in [1.54, 1.807) is 13.8 Å². The Morgan fingerprint density at radius 3 is 2.11 bits per heavy atom. The van der Waals surface area contributed by atoms with Crippen LogP contribution < -0.4 is 0 Å². The second-order valence-electron chi connectivity index (χ2n) is 7.18. The third kappa shape index (κ3) is 4.41. The van der Waals surface area contributed by atoms with E-state index in [-0.39, 0.29) is 32.0 Å². The highest BCUT2D eigenvalue weighted by atomic mass is 16.6. The molecule has 5 heteroatoms. The van der Waals surface area contributed by atoms with Crippen LogP contribution >= 0.6 is 0 Å². The van der Waals surface area contributed by atoms with Gasteiger partial charge in [0.25, 0.3) is 0 Å². The average molecular weight is 384 g/mol. The minimum atomic E-state index is -1.43. The molecule has 0 aromatic heterocycles. The first-order valence-electron chi connectivity index (χ1n) is 9.62. The molecule has 28 heavy (non-hydrogen) atoms. The molecule has 0 N–H and O–H groups in total. The number of hydrogen-bond acceptors (Lipinski definition) is 5. The Hall–Kier alpha value is -2.69. The maximum atomic E-state index is 12.9. The zero-order chi connectivity index (χ0) is 20.7. The van der Waals surface area contributed by atoms with E-state index >= 15 is 0 Å². The van der Waals surface area contributed by atoms with Crippen LogP contribution in [0.25, 0.3) is 5.57 Å². The Bertz CT molecular complexity index is 766. The Labute approximate surface area is 166 Å². The monoisotopic (exact) mass is 384 g/mol. The summed E-state index contributed by atoms with van der Waals surface area (Å²) in [6.07, 6.45) is 3.16. The summed E-state index contributed by atoms with van der Waals surface area (Å²) in [6.45, 7) is 7.66. The fourth-order valence-corrected chi connectivity index (χ4v) is 3.76. The SMILES string of the molecule is CCOC(=O)C1(C(=O)OCC)C/C(=C(\C=O)c2ccccc2)C(C=C(C)C)C1. The van der Waals surface area contributed by atoms with Crippen molar-refractivity contribution >= 4 is 23.8 Å². The van der Waals surface area contributed by atoms with E-state index in [4.69, 9.17) is 9.47 Å². The van der Waals surface area contributed by atoms with Gasteiger partial charge in [-0.2, -0.15) is 0 Å². The van der Waals surface area contributed by atoms with E-state index in [0.29, 0.717) is 5.57 Å². The van der Waals surface area contributed by atoms with Crippen molar-refractivity contribution in [1.82, 2.24) is 0 Å². The number of aldehydes is 1. The van der Waals surface area contributed by atoms with Gasteiger partial charge in [-0.15, -0.1) is 0 Å². The van der Waals surface area contributed by atoms with E-state index in [0.717, 1.165) is 23.0 Å². The molecule has 1 aromatic rings. The molecule has 1 saturated carbocycles. The van der Waals surface area contributed by atoms with Gasteiger partial charge in [0.05, 0.1) is 13.2 Å². The van der Waals surface area contributed by atoms with Gasteiger partial charge in [-0.25, -0.2) is 0 Å². The van der Waals surface area contributed by atoms with Crippen LogP contribution in [0.5, 0.6) is 0 Å². The van der Waals surface area contributed by atoms with Gasteiger partial charge >= 0.3 is 11.9 Å². The highest BCUT2D eigenvalue weighted by Crippen LogP contribution is 2.50. The molecule has 2 rings (SSSR count). The van der Waals surface area contributed by atoms with Gasteiger partial charge < -0.3 is 9.47 Å². The smallest absolute Gasteiger partial charge is 0.323 e. The van der Waals surface area contributed by atoms with E-state index in [1.807, 2.05) is 50.3 Å². The Morgan fingerprint density at radius 2 is 1.64 bits per heavy atom. The van der Waals surface area contributed by atoms with Gasteiger partial charge in [0.1, 0.15) is 0 Å². The Morgan fingerprint density at radius 1 is 1.07 bits per heavy atom. The molecule has 150 valence electrons. The third-order valence-electron chi connectivity index (χ3n) is 4.92. The van der Waals surface area contributed by atoms with Crippen LogP contribution in [-0.4, -0.2) is 31.4 Å². The van der Waals surface area contributed by atoms with Crippen LogP contribution in [0.15, 0.2) is 47.6 Å². The van der Waals surface area contributed by atoms with Crippen LogP contribution in [0, 0.1) is 11.3 Å². The maximum Gasteiger partial charge on any atom is 0.323 e. The molecule has 0 heterocycles. The molecular weight excluding hydrogens is 356 g/mol. The minimum Gasteiger partial charge on any atom is -0.465 e. The van der Waals surface area contributed by atoms with Crippen molar-refractivity contribution in [2.45, 2.75) is 40.5 Å². The summed E-state index contributed by atoms with van der Waals surface area (Å²) in [5, 5.41) is 0. The molecule has 0 radical (unpaired) electrons. The fraction of sp³-hybridized carbons (Fsp3) is 0.435. The van der Waals surface area contributed by atoms with Crippen LogP contribution in [-0.2, 0) is 23.9 Å². The molecule has 0 spiro atoms. The van der Waals surface area contributed by atoms with E-state index in [1.165, 1.54) is 0 Å². The van der Waals surface area contributed by atoms with Gasteiger partial charge in [0, 0.05) is 11.5 Å². The van der Waals surface area contributed by atoms with Crippen molar-refractivity contribution in [2.24, 2.45) is 11.3 Å². The third-order valence-corrected chi connectivity index (χ3v) is 4.92. The Balaban J connectivity index is 2.65. The highest BCUT2D eigenvalue weighted by molar-refractivity contribution is 6.10. The van der Waals surface area contributed by atoms with Gasteiger partial charge in [-0.05, 0) is 46.1 Å². The van der Waals surface area contributed by atoms with E-state index in [2.05, 4.69) is 0 Å². The standard InChI is InChI=1S/C23H28O5/c1-5-27-21(25)23(22(26)28-6-2)13-18(12-16(3)4)19(14-23)20(15-24)17-10-8-7-9-11-17/h7-12,15,18H,5-6,13-14H2,1-4H3/b20-19-. The molecule has 1 aliphatic carbocycles. The normalized spacial score (nSPS) is 19.5. The predicted octanol–water partition coefficient (Wildman–Crippen LogP) is 4.13. The van der Waals surface area contributed by atoms with Gasteiger partial charge in [0.2, 0.25) is 0 Å². The summed E-state index contributed by atoms with van der Waals surface area (Å²) < 4.78 is 10.5. The van der Waals surface area contributed by atoms with Crippen LogP contribution in [0.2, 0.25) is 0 Å². The lowest BCUT2D eigenvalue weighted by molar-refractivity contribution is -0.171. The first-order chi connectivity index (χ1) is 13.4. The minimum absolute atomic E-state index is 0.113. The molecule has 0 amide bonds. The number of benzene rings is 1. The molecule has 1 atom stereocenters. The molecule has 1 unspecified atom stereocenters. The quantitative estimate of drug-likeness (QED) is 0.232. The first kappa shape index (κ1) is 21.6. The number of esters is 2. The predicted molar refractivity (Wildman–Crippen MR) is 107 cm³/mol. The number of allylic oxidation sites excluding steroid dienone is 4. The van der Waals surface area contributed by atoms with Crippen molar-refractivity contribution < 1.29 is 23.9 Å². The molecule has 1 aromatic carbocycles. The van der Waals surface area contributed by atoms with Gasteiger partial charge in [0.15, 0.2) is 11.7 Å². The topological polar surface area (TPSA) is 69.7 Å². The largest absolute Gasteiger partial charge is 0.465 e. The number of hydrogen-bond donors (Lipinski definition) is 0. The summed E-state index contributed by atoms with van der Waals surface area (Å²) >= 11 is 0.